The Morgan fingerprint density at radius 1 is 1.03 bits per heavy atom. The van der Waals surface area contributed by atoms with Gasteiger partial charge in [0, 0.05) is 35.1 Å². The van der Waals surface area contributed by atoms with E-state index in [0.29, 0.717) is 39.5 Å². The van der Waals surface area contributed by atoms with Gasteiger partial charge < -0.3 is 24.2 Å². The first-order valence-electron chi connectivity index (χ1n) is 9.93. The first kappa shape index (κ1) is 18.2. The van der Waals surface area contributed by atoms with Crippen molar-refractivity contribution >= 4 is 22.6 Å². The zero-order valence-electron chi connectivity index (χ0n) is 16.7. The molecular weight excluding hydrogens is 408 g/mol. The number of rotatable bonds is 4. The van der Waals surface area contributed by atoms with Crippen molar-refractivity contribution in [2.24, 2.45) is 0 Å². The monoisotopic (exact) mass is 424 g/mol. The second kappa shape index (κ2) is 7.28. The van der Waals surface area contributed by atoms with Crippen molar-refractivity contribution in [1.29, 1.82) is 0 Å². The number of anilines is 1. The summed E-state index contributed by atoms with van der Waals surface area (Å²) < 4.78 is 16.3. The zero-order chi connectivity index (χ0) is 21.5. The summed E-state index contributed by atoms with van der Waals surface area (Å²) in [5.74, 6) is 1.78. The van der Waals surface area contributed by atoms with Crippen molar-refractivity contribution in [3.8, 4) is 33.9 Å². The van der Waals surface area contributed by atoms with Crippen LogP contribution in [-0.4, -0.2) is 27.7 Å². The summed E-state index contributed by atoms with van der Waals surface area (Å²) in [6.45, 7) is 0.202. The molecule has 4 aromatic heterocycles. The summed E-state index contributed by atoms with van der Waals surface area (Å²) in [5, 5.41) is 3.68. The Balaban J connectivity index is 1.35. The molecule has 32 heavy (non-hydrogen) atoms. The molecule has 2 N–H and O–H groups in total. The molecule has 8 nitrogen and oxygen atoms in total. The third-order valence-electron chi connectivity index (χ3n) is 5.33. The predicted molar refractivity (Wildman–Crippen MR) is 118 cm³/mol. The number of furan rings is 1. The number of aromatic amines is 1. The highest BCUT2D eigenvalue weighted by molar-refractivity contribution is 6.13. The van der Waals surface area contributed by atoms with Crippen LogP contribution in [0.2, 0.25) is 0 Å². The lowest BCUT2D eigenvalue weighted by atomic mass is 10.0. The molecule has 0 fully saturated rings. The van der Waals surface area contributed by atoms with Crippen LogP contribution in [-0.2, 0) is 0 Å². The van der Waals surface area contributed by atoms with Crippen molar-refractivity contribution in [1.82, 2.24) is 15.0 Å². The molecule has 5 heterocycles. The van der Waals surface area contributed by atoms with Crippen LogP contribution < -0.4 is 14.8 Å². The van der Waals surface area contributed by atoms with Crippen LogP contribution in [0.15, 0.2) is 77.9 Å². The van der Waals surface area contributed by atoms with Crippen LogP contribution in [0.3, 0.4) is 0 Å². The van der Waals surface area contributed by atoms with Gasteiger partial charge in [0.15, 0.2) is 11.5 Å². The van der Waals surface area contributed by atoms with E-state index in [9.17, 15) is 4.79 Å². The summed E-state index contributed by atoms with van der Waals surface area (Å²) in [6, 6.07) is 13.0. The minimum Gasteiger partial charge on any atom is -0.464 e. The van der Waals surface area contributed by atoms with E-state index < -0.39 is 0 Å². The number of carbonyl (C=O) groups excluding carboxylic acids is 1. The summed E-state index contributed by atoms with van der Waals surface area (Å²) in [4.78, 5) is 24.9. The fraction of sp³-hybridized carbons (Fsp3) is 0.0417. The molecule has 0 spiro atoms. The van der Waals surface area contributed by atoms with Gasteiger partial charge in [0.2, 0.25) is 6.79 Å². The third-order valence-corrected chi connectivity index (χ3v) is 5.33. The van der Waals surface area contributed by atoms with Crippen LogP contribution in [0.1, 0.15) is 10.4 Å². The maximum atomic E-state index is 13.2. The molecule has 8 heteroatoms. The number of H-pyrrole nitrogens is 1. The van der Waals surface area contributed by atoms with Gasteiger partial charge in [0.05, 0.1) is 23.7 Å². The Labute approximate surface area is 181 Å². The number of benzene rings is 1. The van der Waals surface area contributed by atoms with Gasteiger partial charge in [-0.3, -0.25) is 9.78 Å². The molecule has 0 saturated carbocycles. The number of aromatic nitrogens is 3. The number of amides is 1. The molecule has 0 saturated heterocycles. The first-order valence-corrected chi connectivity index (χ1v) is 9.93. The molecule has 5 aromatic rings. The largest absolute Gasteiger partial charge is 0.464 e. The van der Waals surface area contributed by atoms with Crippen molar-refractivity contribution in [3.63, 3.8) is 0 Å². The minimum absolute atomic E-state index is 0.202. The first-order chi connectivity index (χ1) is 15.8. The Morgan fingerprint density at radius 2 is 1.97 bits per heavy atom. The SMILES string of the molecule is O=C(Nc1cnccc1-c1ccc2c(c1)OCO2)c1c[nH]c2ncc(-c3ccco3)cc12. The topological polar surface area (TPSA) is 102 Å². The van der Waals surface area contributed by atoms with Crippen LogP contribution in [0.4, 0.5) is 5.69 Å². The van der Waals surface area contributed by atoms with Gasteiger partial charge in [-0.25, -0.2) is 4.98 Å². The summed E-state index contributed by atoms with van der Waals surface area (Å²) in [7, 11) is 0. The van der Waals surface area contributed by atoms with Gasteiger partial charge in [-0.2, -0.15) is 0 Å². The van der Waals surface area contributed by atoms with Crippen LogP contribution >= 0.6 is 0 Å². The van der Waals surface area contributed by atoms with E-state index in [1.54, 1.807) is 31.1 Å². The summed E-state index contributed by atoms with van der Waals surface area (Å²) in [5.41, 5.74) is 4.17. The summed E-state index contributed by atoms with van der Waals surface area (Å²) >= 11 is 0. The Morgan fingerprint density at radius 3 is 2.88 bits per heavy atom. The van der Waals surface area contributed by atoms with Gasteiger partial charge in [-0.05, 0) is 42.0 Å². The lowest BCUT2D eigenvalue weighted by Crippen LogP contribution is -2.12. The zero-order valence-corrected chi connectivity index (χ0v) is 16.7. The molecule has 1 aromatic carbocycles. The minimum atomic E-state index is -0.273. The highest BCUT2D eigenvalue weighted by Crippen LogP contribution is 2.38. The van der Waals surface area contributed by atoms with E-state index in [1.807, 2.05) is 42.5 Å². The molecule has 156 valence electrons. The number of ether oxygens (including phenoxy) is 2. The van der Waals surface area contributed by atoms with Crippen LogP contribution in [0.25, 0.3) is 33.5 Å². The number of hydrogen-bond acceptors (Lipinski definition) is 6. The van der Waals surface area contributed by atoms with Crippen molar-refractivity contribution in [2.75, 3.05) is 12.1 Å². The smallest absolute Gasteiger partial charge is 0.257 e. The lowest BCUT2D eigenvalue weighted by Gasteiger charge is -2.11. The number of nitrogens with zero attached hydrogens (tertiary/aromatic N) is 2. The van der Waals surface area contributed by atoms with Crippen LogP contribution in [0, 0.1) is 0 Å². The van der Waals surface area contributed by atoms with E-state index >= 15 is 0 Å². The molecule has 0 unspecified atom stereocenters. The number of hydrogen-bond donors (Lipinski definition) is 2. The van der Waals surface area contributed by atoms with E-state index in [1.165, 1.54) is 0 Å². The quantitative estimate of drug-likeness (QED) is 0.427. The lowest BCUT2D eigenvalue weighted by molar-refractivity contribution is 0.102. The maximum absolute atomic E-state index is 13.2. The van der Waals surface area contributed by atoms with E-state index in [-0.39, 0.29) is 12.7 Å². The molecule has 6 rings (SSSR count). The predicted octanol–water partition coefficient (Wildman–Crippen LogP) is 4.87. The third kappa shape index (κ3) is 3.05. The molecule has 0 atom stereocenters. The molecule has 0 bridgehead atoms. The van der Waals surface area contributed by atoms with E-state index in [2.05, 4.69) is 20.3 Å². The fourth-order valence-corrected chi connectivity index (χ4v) is 3.77. The second-order valence-corrected chi connectivity index (χ2v) is 7.24. The number of nitrogens with one attached hydrogen (secondary N) is 2. The fourth-order valence-electron chi connectivity index (χ4n) is 3.77. The van der Waals surface area contributed by atoms with Gasteiger partial charge >= 0.3 is 0 Å². The highest BCUT2D eigenvalue weighted by Gasteiger charge is 2.18. The van der Waals surface area contributed by atoms with Gasteiger partial charge in [0.25, 0.3) is 5.91 Å². The molecule has 1 aliphatic rings. The van der Waals surface area contributed by atoms with Gasteiger partial charge in [0.1, 0.15) is 11.4 Å². The molecule has 1 amide bonds. The molecular formula is C24H16N4O4. The van der Waals surface area contributed by atoms with Crippen molar-refractivity contribution in [3.05, 3.63) is 79.1 Å². The molecule has 1 aliphatic heterocycles. The van der Waals surface area contributed by atoms with E-state index in [0.717, 1.165) is 16.7 Å². The average molecular weight is 424 g/mol. The van der Waals surface area contributed by atoms with Gasteiger partial charge in [-0.15, -0.1) is 0 Å². The Kier molecular flexibility index (Phi) is 4.14. The van der Waals surface area contributed by atoms with Crippen molar-refractivity contribution in [2.45, 2.75) is 0 Å². The molecule has 0 radical (unpaired) electrons. The molecule has 0 aliphatic carbocycles. The Bertz CT molecular complexity index is 1460. The van der Waals surface area contributed by atoms with E-state index in [4.69, 9.17) is 13.9 Å². The average Bonchev–Trinajstić information content (AvgIpc) is 3.59. The van der Waals surface area contributed by atoms with Crippen LogP contribution in [0.5, 0.6) is 11.5 Å². The maximum Gasteiger partial charge on any atom is 0.257 e. The highest BCUT2D eigenvalue weighted by atomic mass is 16.7. The summed E-state index contributed by atoms with van der Waals surface area (Å²) in [6.07, 6.45) is 8.26. The number of fused-ring (bicyclic) bond motifs is 2. The normalized spacial score (nSPS) is 12.2. The number of carbonyl (C=O) groups is 1. The standard InChI is InChI=1S/C24H16N4O4/c29-24(18-11-27-23-17(18)8-15(10-26-23)20-2-1-7-30-20)28-19-12-25-6-5-16(19)14-3-4-21-22(9-14)32-13-31-21/h1-12H,13H2,(H,26,27)(H,28,29). The number of pyridine rings is 2. The Hall–Kier alpha value is -4.59. The second-order valence-electron chi connectivity index (χ2n) is 7.24. The van der Waals surface area contributed by atoms with Crippen molar-refractivity contribution < 1.29 is 18.7 Å². The van der Waals surface area contributed by atoms with Gasteiger partial charge in [-0.1, -0.05) is 6.07 Å².